The molecule has 0 nitrogen and oxygen atoms in total. The van der Waals surface area contributed by atoms with Crippen LogP contribution in [-0.2, 0) is 0 Å². The fraction of sp³-hybridized carbons (Fsp3) is 0.867. The lowest BCUT2D eigenvalue weighted by Gasteiger charge is -2.42. The first kappa shape index (κ1) is 13.9. The maximum Gasteiger partial charge on any atom is 0.0584 e. The zero-order valence-electron chi connectivity index (χ0n) is 11.7. The van der Waals surface area contributed by atoms with Crippen molar-refractivity contribution in [2.75, 3.05) is 11.5 Å². The largest absolute Gasteiger partial charge is 0.144 e. The zero-order chi connectivity index (χ0) is 12.5. The molecule has 0 aromatic carbocycles. The van der Waals surface area contributed by atoms with Crippen molar-refractivity contribution in [1.29, 1.82) is 0 Å². The minimum atomic E-state index is 0.463. The van der Waals surface area contributed by atoms with E-state index in [2.05, 4.69) is 57.3 Å². The van der Waals surface area contributed by atoms with Crippen molar-refractivity contribution in [3.63, 3.8) is 0 Å². The molecule has 0 N–H and O–H groups in total. The first-order valence-corrected chi connectivity index (χ1v) is 8.89. The standard InChI is InChI=1S/C15H26S2/c1-12-6-5-7-13(2)14(12,3)8-9-15(4)16-10-11-17-15/h6,13H,5,7-11H2,1-4H3/t13-,14-/m1/s1. The maximum absolute atomic E-state index is 2.50. The number of hydrogen-bond acceptors (Lipinski definition) is 2. The Morgan fingerprint density at radius 3 is 2.47 bits per heavy atom. The van der Waals surface area contributed by atoms with E-state index in [0.717, 1.165) is 5.92 Å². The van der Waals surface area contributed by atoms with Crippen molar-refractivity contribution >= 4 is 23.5 Å². The highest BCUT2D eigenvalue weighted by Gasteiger charge is 2.38. The first-order valence-electron chi connectivity index (χ1n) is 6.91. The highest BCUT2D eigenvalue weighted by Crippen LogP contribution is 2.52. The van der Waals surface area contributed by atoms with E-state index >= 15 is 0 Å². The summed E-state index contributed by atoms with van der Waals surface area (Å²) in [5.41, 5.74) is 2.11. The van der Waals surface area contributed by atoms with Crippen molar-refractivity contribution in [3.05, 3.63) is 11.6 Å². The van der Waals surface area contributed by atoms with Crippen LogP contribution in [0.5, 0.6) is 0 Å². The Hall–Kier alpha value is 0.440. The molecule has 0 unspecified atom stereocenters. The number of hydrogen-bond donors (Lipinski definition) is 0. The van der Waals surface area contributed by atoms with Crippen LogP contribution in [0.15, 0.2) is 11.6 Å². The lowest BCUT2D eigenvalue weighted by atomic mass is 9.65. The van der Waals surface area contributed by atoms with Gasteiger partial charge in [-0.3, -0.25) is 0 Å². The van der Waals surface area contributed by atoms with Gasteiger partial charge in [0, 0.05) is 11.5 Å². The molecule has 1 heterocycles. The molecular weight excluding hydrogens is 244 g/mol. The summed E-state index contributed by atoms with van der Waals surface area (Å²) in [5.74, 6) is 3.55. The van der Waals surface area contributed by atoms with Crippen LogP contribution in [0.3, 0.4) is 0 Å². The lowest BCUT2D eigenvalue weighted by molar-refractivity contribution is 0.205. The van der Waals surface area contributed by atoms with Crippen LogP contribution < -0.4 is 0 Å². The van der Waals surface area contributed by atoms with Crippen LogP contribution in [0.1, 0.15) is 53.4 Å². The third-order valence-electron chi connectivity index (χ3n) is 5.04. The molecule has 98 valence electrons. The van der Waals surface area contributed by atoms with Crippen molar-refractivity contribution in [1.82, 2.24) is 0 Å². The van der Waals surface area contributed by atoms with Crippen molar-refractivity contribution < 1.29 is 0 Å². The third kappa shape index (κ3) is 2.89. The minimum absolute atomic E-state index is 0.463. The summed E-state index contributed by atoms with van der Waals surface area (Å²) in [6, 6.07) is 0. The van der Waals surface area contributed by atoms with E-state index in [9.17, 15) is 0 Å². The monoisotopic (exact) mass is 270 g/mol. The summed E-state index contributed by atoms with van der Waals surface area (Å²) in [5, 5.41) is 0. The van der Waals surface area contributed by atoms with E-state index < -0.39 is 0 Å². The van der Waals surface area contributed by atoms with Crippen LogP contribution in [0.2, 0.25) is 0 Å². The Balaban J connectivity index is 2.01. The van der Waals surface area contributed by atoms with Crippen LogP contribution in [0.4, 0.5) is 0 Å². The fourth-order valence-corrected chi connectivity index (χ4v) is 5.98. The average molecular weight is 271 g/mol. The van der Waals surface area contributed by atoms with E-state index in [4.69, 9.17) is 0 Å². The first-order chi connectivity index (χ1) is 7.96. The topological polar surface area (TPSA) is 0 Å². The Morgan fingerprint density at radius 1 is 1.24 bits per heavy atom. The van der Waals surface area contributed by atoms with E-state index in [0.29, 0.717) is 9.49 Å². The molecule has 2 aliphatic rings. The highest BCUT2D eigenvalue weighted by molar-refractivity contribution is 8.21. The van der Waals surface area contributed by atoms with Gasteiger partial charge in [0.1, 0.15) is 0 Å². The van der Waals surface area contributed by atoms with Gasteiger partial charge in [-0.1, -0.05) is 25.5 Å². The molecule has 17 heavy (non-hydrogen) atoms. The quantitative estimate of drug-likeness (QED) is 0.634. The molecule has 0 radical (unpaired) electrons. The predicted octanol–water partition coefficient (Wildman–Crippen LogP) is 5.35. The lowest BCUT2D eigenvalue weighted by Crippen LogP contribution is -2.31. The van der Waals surface area contributed by atoms with Gasteiger partial charge < -0.3 is 0 Å². The molecule has 0 spiro atoms. The van der Waals surface area contributed by atoms with Gasteiger partial charge in [-0.25, -0.2) is 0 Å². The highest BCUT2D eigenvalue weighted by atomic mass is 32.2. The van der Waals surface area contributed by atoms with Gasteiger partial charge in [0.05, 0.1) is 4.08 Å². The molecule has 1 fully saturated rings. The summed E-state index contributed by atoms with van der Waals surface area (Å²) in [6.45, 7) is 9.75. The molecule has 1 saturated heterocycles. The molecule has 1 aliphatic carbocycles. The van der Waals surface area contributed by atoms with Crippen molar-refractivity contribution in [2.24, 2.45) is 11.3 Å². The van der Waals surface area contributed by atoms with E-state index in [1.807, 2.05) is 0 Å². The Morgan fingerprint density at radius 2 is 1.88 bits per heavy atom. The molecule has 2 heteroatoms. The van der Waals surface area contributed by atoms with Gasteiger partial charge >= 0.3 is 0 Å². The van der Waals surface area contributed by atoms with Crippen LogP contribution in [-0.4, -0.2) is 15.6 Å². The summed E-state index contributed by atoms with van der Waals surface area (Å²) in [4.78, 5) is 0. The molecule has 2 atom stereocenters. The Labute approximate surface area is 115 Å². The number of thioether (sulfide) groups is 2. The van der Waals surface area contributed by atoms with Gasteiger partial charge in [0.25, 0.3) is 0 Å². The Bertz CT molecular complexity index is 302. The summed E-state index contributed by atoms with van der Waals surface area (Å²) in [7, 11) is 0. The minimum Gasteiger partial charge on any atom is -0.144 e. The van der Waals surface area contributed by atoms with Crippen LogP contribution >= 0.6 is 23.5 Å². The van der Waals surface area contributed by atoms with Crippen molar-refractivity contribution in [3.8, 4) is 0 Å². The molecule has 0 aromatic rings. The van der Waals surface area contributed by atoms with Gasteiger partial charge in [-0.15, -0.1) is 23.5 Å². The second-order valence-corrected chi connectivity index (χ2v) is 9.57. The number of rotatable bonds is 3. The van der Waals surface area contributed by atoms with Gasteiger partial charge in [0.2, 0.25) is 0 Å². The summed E-state index contributed by atoms with van der Waals surface area (Å²) >= 11 is 4.36. The maximum atomic E-state index is 2.50. The fourth-order valence-electron chi connectivity index (χ4n) is 3.12. The smallest absolute Gasteiger partial charge is 0.0584 e. The van der Waals surface area contributed by atoms with E-state index in [1.165, 1.54) is 37.2 Å². The molecule has 0 amide bonds. The molecule has 1 aliphatic heterocycles. The molecule has 0 bridgehead atoms. The Kier molecular flexibility index (Phi) is 4.24. The third-order valence-corrected chi connectivity index (χ3v) is 8.45. The molecule has 2 rings (SSSR count). The second kappa shape index (κ2) is 5.21. The van der Waals surface area contributed by atoms with Gasteiger partial charge in [0.15, 0.2) is 0 Å². The molecule has 0 aromatic heterocycles. The van der Waals surface area contributed by atoms with Crippen molar-refractivity contribution in [2.45, 2.75) is 57.5 Å². The second-order valence-electron chi connectivity index (χ2n) is 6.11. The van der Waals surface area contributed by atoms with E-state index in [1.54, 1.807) is 5.57 Å². The SMILES string of the molecule is CC1=CCC[C@@H](C)[C@]1(C)CCC1(C)SCCS1. The molecular formula is C15H26S2. The van der Waals surface area contributed by atoms with Crippen LogP contribution in [0.25, 0.3) is 0 Å². The summed E-state index contributed by atoms with van der Waals surface area (Å²) in [6.07, 6.45) is 7.90. The predicted molar refractivity (Wildman–Crippen MR) is 82.8 cm³/mol. The van der Waals surface area contributed by atoms with Gasteiger partial charge in [-0.05, 0) is 50.9 Å². The van der Waals surface area contributed by atoms with Gasteiger partial charge in [-0.2, -0.15) is 0 Å². The van der Waals surface area contributed by atoms with E-state index in [-0.39, 0.29) is 0 Å². The zero-order valence-corrected chi connectivity index (χ0v) is 13.3. The normalized spacial score (nSPS) is 36.9. The average Bonchev–Trinajstić information content (AvgIpc) is 2.72. The van der Waals surface area contributed by atoms with Crippen LogP contribution in [0, 0.1) is 11.3 Å². The number of allylic oxidation sites excluding steroid dienone is 2. The summed E-state index contributed by atoms with van der Waals surface area (Å²) < 4.78 is 0.500. The molecule has 0 saturated carbocycles.